The van der Waals surface area contributed by atoms with E-state index in [0.717, 1.165) is 22.3 Å². The van der Waals surface area contributed by atoms with Gasteiger partial charge in [0.25, 0.3) is 5.91 Å². The Bertz CT molecular complexity index is 399. The molecule has 1 aromatic heterocycles. The maximum absolute atomic E-state index is 12.3. The molecule has 0 aliphatic carbocycles. The molecule has 2 rings (SSSR count). The van der Waals surface area contributed by atoms with Gasteiger partial charge in [0.1, 0.15) is 4.88 Å². The summed E-state index contributed by atoms with van der Waals surface area (Å²) in [7, 11) is 0. The highest BCUT2D eigenvalue weighted by atomic mass is 79.9. The highest BCUT2D eigenvalue weighted by Crippen LogP contribution is 2.29. The van der Waals surface area contributed by atoms with Crippen LogP contribution in [0.25, 0.3) is 0 Å². The lowest BCUT2D eigenvalue weighted by Crippen LogP contribution is -2.34. The second-order valence-corrected chi connectivity index (χ2v) is 6.01. The van der Waals surface area contributed by atoms with Crippen molar-refractivity contribution in [1.82, 2.24) is 4.90 Å². The molecule has 0 aromatic carbocycles. The van der Waals surface area contributed by atoms with Gasteiger partial charge in [-0.3, -0.25) is 4.79 Å². The molecule has 1 aliphatic rings. The van der Waals surface area contributed by atoms with E-state index in [4.69, 9.17) is 5.73 Å². The number of halogens is 2. The Labute approximate surface area is 120 Å². The number of carbonyl (C=O) groups is 1. The molecule has 0 saturated carbocycles. The lowest BCUT2D eigenvalue weighted by atomic mass is 10.1. The lowest BCUT2D eigenvalue weighted by molar-refractivity contribution is 0.0747. The molecular weight excluding hydrogens is 324 g/mol. The van der Waals surface area contributed by atoms with Crippen molar-refractivity contribution in [3.05, 3.63) is 20.8 Å². The van der Waals surface area contributed by atoms with E-state index >= 15 is 0 Å². The maximum atomic E-state index is 12.3. The number of nitrogens with two attached hydrogens (primary N) is 1. The molecule has 2 N–H and O–H groups in total. The Kier molecular flexibility index (Phi) is 5.44. The van der Waals surface area contributed by atoms with Crippen LogP contribution in [-0.4, -0.2) is 29.9 Å². The van der Waals surface area contributed by atoms with Crippen LogP contribution in [0.3, 0.4) is 0 Å². The first-order valence-corrected chi connectivity index (χ1v) is 7.04. The van der Waals surface area contributed by atoms with Crippen molar-refractivity contribution in [3.8, 4) is 0 Å². The van der Waals surface area contributed by atoms with Crippen LogP contribution >= 0.6 is 39.7 Å². The van der Waals surface area contributed by atoms with Crippen LogP contribution in [0.1, 0.15) is 23.0 Å². The summed E-state index contributed by atoms with van der Waals surface area (Å²) in [6.45, 7) is 3.55. The summed E-state index contributed by atoms with van der Waals surface area (Å²) in [6.07, 6.45) is 1.02. The number of hydrogen-bond donors (Lipinski definition) is 1. The van der Waals surface area contributed by atoms with Gasteiger partial charge in [-0.25, -0.2) is 0 Å². The Hall–Kier alpha value is -0.100. The predicted molar refractivity (Wildman–Crippen MR) is 76.9 cm³/mol. The van der Waals surface area contributed by atoms with Crippen LogP contribution in [0.4, 0.5) is 0 Å². The fourth-order valence-electron chi connectivity index (χ4n) is 2.17. The molecule has 96 valence electrons. The topological polar surface area (TPSA) is 46.3 Å². The normalized spacial score (nSPS) is 23.6. The number of thiophene rings is 1. The number of amides is 1. The van der Waals surface area contributed by atoms with Crippen molar-refractivity contribution in [1.29, 1.82) is 0 Å². The number of carbonyl (C=O) groups excluding carboxylic acids is 1. The molecule has 0 radical (unpaired) electrons. The molecule has 2 unspecified atom stereocenters. The van der Waals surface area contributed by atoms with Crippen molar-refractivity contribution in [3.63, 3.8) is 0 Å². The van der Waals surface area contributed by atoms with Gasteiger partial charge in [0.15, 0.2) is 0 Å². The summed E-state index contributed by atoms with van der Waals surface area (Å²) >= 11 is 4.89. The highest BCUT2D eigenvalue weighted by molar-refractivity contribution is 9.10. The molecule has 3 nitrogen and oxygen atoms in total. The third-order valence-electron chi connectivity index (χ3n) is 3.07. The first kappa shape index (κ1) is 15.0. The Balaban J connectivity index is 0.00000144. The number of hydrogen-bond acceptors (Lipinski definition) is 3. The Morgan fingerprint density at radius 3 is 2.88 bits per heavy atom. The van der Waals surface area contributed by atoms with Crippen LogP contribution in [-0.2, 0) is 0 Å². The van der Waals surface area contributed by atoms with Crippen LogP contribution < -0.4 is 5.73 Å². The quantitative estimate of drug-likeness (QED) is 0.900. The van der Waals surface area contributed by atoms with Gasteiger partial charge in [0.2, 0.25) is 0 Å². The zero-order chi connectivity index (χ0) is 11.7. The summed E-state index contributed by atoms with van der Waals surface area (Å²) in [4.78, 5) is 15.0. The predicted octanol–water partition coefficient (Wildman–Crippen LogP) is 2.74. The van der Waals surface area contributed by atoms with E-state index in [1.54, 1.807) is 0 Å². The fraction of sp³-hybridized carbons (Fsp3) is 0.545. The highest BCUT2D eigenvalue weighted by Gasteiger charge is 2.33. The van der Waals surface area contributed by atoms with Gasteiger partial charge < -0.3 is 10.6 Å². The van der Waals surface area contributed by atoms with Crippen LogP contribution in [0, 0.1) is 5.92 Å². The van der Waals surface area contributed by atoms with Crippen LogP contribution in [0.2, 0.25) is 0 Å². The zero-order valence-corrected chi connectivity index (χ0v) is 12.8. The largest absolute Gasteiger partial charge is 0.335 e. The smallest absolute Gasteiger partial charge is 0.265 e. The summed E-state index contributed by atoms with van der Waals surface area (Å²) in [5, 5.41) is 1.93. The second-order valence-electron chi connectivity index (χ2n) is 4.24. The SMILES string of the molecule is CC1CC(CN)CN1C(=O)c1sccc1Br.Cl. The molecule has 17 heavy (non-hydrogen) atoms. The van der Waals surface area contributed by atoms with Gasteiger partial charge in [-0.1, -0.05) is 0 Å². The van der Waals surface area contributed by atoms with Crippen LogP contribution in [0.15, 0.2) is 15.9 Å². The van der Waals surface area contributed by atoms with Crippen molar-refractivity contribution in [2.24, 2.45) is 11.7 Å². The van der Waals surface area contributed by atoms with Gasteiger partial charge in [-0.15, -0.1) is 23.7 Å². The van der Waals surface area contributed by atoms with Crippen LogP contribution in [0.5, 0.6) is 0 Å². The van der Waals surface area contributed by atoms with Gasteiger partial charge in [0.05, 0.1) is 0 Å². The third kappa shape index (κ3) is 3.02. The molecule has 1 aliphatic heterocycles. The molecule has 2 atom stereocenters. The molecule has 0 spiro atoms. The molecular formula is C11H16BrClN2OS. The molecule has 1 fully saturated rings. The molecule has 1 amide bonds. The van der Waals surface area contributed by atoms with E-state index < -0.39 is 0 Å². The first-order valence-electron chi connectivity index (χ1n) is 5.37. The van der Waals surface area contributed by atoms with Crippen molar-refractivity contribution < 1.29 is 4.79 Å². The van der Waals surface area contributed by atoms with E-state index in [1.807, 2.05) is 16.3 Å². The van der Waals surface area contributed by atoms with E-state index in [9.17, 15) is 4.79 Å². The molecule has 0 bridgehead atoms. The minimum atomic E-state index is 0. The van der Waals surface area contributed by atoms with Gasteiger partial charge in [-0.05, 0) is 53.2 Å². The second kappa shape index (κ2) is 6.18. The Morgan fingerprint density at radius 2 is 2.41 bits per heavy atom. The van der Waals surface area contributed by atoms with E-state index in [-0.39, 0.29) is 18.3 Å². The molecule has 6 heteroatoms. The molecule has 2 heterocycles. The van der Waals surface area contributed by atoms with Crippen molar-refractivity contribution in [2.45, 2.75) is 19.4 Å². The Morgan fingerprint density at radius 1 is 1.71 bits per heavy atom. The third-order valence-corrected chi connectivity index (χ3v) is 4.89. The number of likely N-dealkylation sites (tertiary alicyclic amines) is 1. The van der Waals surface area contributed by atoms with E-state index in [1.165, 1.54) is 11.3 Å². The zero-order valence-electron chi connectivity index (χ0n) is 9.56. The van der Waals surface area contributed by atoms with Gasteiger partial charge >= 0.3 is 0 Å². The first-order chi connectivity index (χ1) is 7.63. The summed E-state index contributed by atoms with van der Waals surface area (Å²) < 4.78 is 0.894. The number of rotatable bonds is 2. The van der Waals surface area contributed by atoms with Gasteiger partial charge in [-0.2, -0.15) is 0 Å². The minimum absolute atomic E-state index is 0. The standard InChI is InChI=1S/C11H15BrN2OS.ClH/c1-7-4-8(5-13)6-14(7)11(15)10-9(12)2-3-16-10;/h2-3,7-8H,4-6,13H2,1H3;1H. The monoisotopic (exact) mass is 338 g/mol. The average molecular weight is 340 g/mol. The summed E-state index contributed by atoms with van der Waals surface area (Å²) in [5.74, 6) is 0.586. The molecule has 1 aromatic rings. The average Bonchev–Trinajstić information content (AvgIpc) is 2.83. The van der Waals surface area contributed by atoms with E-state index in [0.29, 0.717) is 18.5 Å². The summed E-state index contributed by atoms with van der Waals surface area (Å²) in [5.41, 5.74) is 5.66. The van der Waals surface area contributed by atoms with Crippen molar-refractivity contribution in [2.75, 3.05) is 13.1 Å². The minimum Gasteiger partial charge on any atom is -0.335 e. The molecule has 1 saturated heterocycles. The maximum Gasteiger partial charge on any atom is 0.265 e. The van der Waals surface area contributed by atoms with E-state index in [2.05, 4.69) is 22.9 Å². The lowest BCUT2D eigenvalue weighted by Gasteiger charge is -2.20. The number of nitrogens with zero attached hydrogens (tertiary/aromatic N) is 1. The van der Waals surface area contributed by atoms with Crippen molar-refractivity contribution >= 4 is 45.6 Å². The summed E-state index contributed by atoms with van der Waals surface area (Å²) in [6, 6.07) is 2.22. The van der Waals surface area contributed by atoms with Gasteiger partial charge in [0, 0.05) is 17.1 Å². The fourth-order valence-corrected chi connectivity index (χ4v) is 3.67.